The van der Waals surface area contributed by atoms with Crippen LogP contribution in [-0.2, 0) is 14.9 Å². The van der Waals surface area contributed by atoms with Gasteiger partial charge in [0.15, 0.2) is 0 Å². The van der Waals surface area contributed by atoms with Gasteiger partial charge in [-0.25, -0.2) is 0 Å². The molecule has 1 aromatic carbocycles. The highest BCUT2D eigenvalue weighted by Crippen LogP contribution is 2.48. The summed E-state index contributed by atoms with van der Waals surface area (Å²) in [4.78, 5) is 12.8. The summed E-state index contributed by atoms with van der Waals surface area (Å²) in [5, 5.41) is 6.62. The van der Waals surface area contributed by atoms with Gasteiger partial charge in [-0.2, -0.15) is 0 Å². The van der Waals surface area contributed by atoms with E-state index in [9.17, 15) is 4.79 Å². The number of ether oxygens (including phenoxy) is 1. The van der Waals surface area contributed by atoms with E-state index in [1.165, 1.54) is 0 Å². The van der Waals surface area contributed by atoms with Crippen LogP contribution in [0.3, 0.4) is 0 Å². The van der Waals surface area contributed by atoms with Gasteiger partial charge in [-0.05, 0) is 56.5 Å². The molecule has 0 bridgehead atoms. The number of benzene rings is 1. The minimum Gasteiger partial charge on any atom is -0.384 e. The molecule has 23 heavy (non-hydrogen) atoms. The van der Waals surface area contributed by atoms with Gasteiger partial charge in [0.25, 0.3) is 0 Å². The Balaban J connectivity index is 1.65. The van der Waals surface area contributed by atoms with Gasteiger partial charge >= 0.3 is 0 Å². The molecule has 2 aliphatic rings. The Bertz CT molecular complexity index is 543. The maximum absolute atomic E-state index is 12.8. The van der Waals surface area contributed by atoms with Crippen LogP contribution in [0.4, 0.5) is 0 Å². The Morgan fingerprint density at radius 3 is 2.43 bits per heavy atom. The predicted molar refractivity (Wildman–Crippen MR) is 94.5 cm³/mol. The molecule has 0 radical (unpaired) electrons. The topological polar surface area (TPSA) is 50.4 Å². The maximum atomic E-state index is 12.8. The lowest BCUT2D eigenvalue weighted by molar-refractivity contribution is -0.124. The minimum absolute atomic E-state index is 0.0749. The van der Waals surface area contributed by atoms with Crippen LogP contribution in [-0.4, -0.2) is 39.3 Å². The van der Waals surface area contributed by atoms with Gasteiger partial charge in [-0.1, -0.05) is 28.1 Å². The molecule has 0 spiro atoms. The molecule has 2 N–H and O–H groups in total. The molecule has 1 aliphatic heterocycles. The molecule has 1 saturated heterocycles. The van der Waals surface area contributed by atoms with Crippen molar-refractivity contribution in [2.24, 2.45) is 5.41 Å². The highest BCUT2D eigenvalue weighted by Gasteiger charge is 2.51. The second kappa shape index (κ2) is 6.91. The lowest BCUT2D eigenvalue weighted by Gasteiger charge is -2.37. The summed E-state index contributed by atoms with van der Waals surface area (Å²) in [6.07, 6.45) is 3.98. The number of nitrogens with one attached hydrogen (secondary N) is 2. The fourth-order valence-electron chi connectivity index (χ4n) is 3.61. The fraction of sp³-hybridized carbons (Fsp3) is 0.611. The summed E-state index contributed by atoms with van der Waals surface area (Å²) in [6.45, 7) is 3.41. The van der Waals surface area contributed by atoms with E-state index in [2.05, 4.69) is 38.7 Å². The second-order valence-electron chi connectivity index (χ2n) is 6.95. The van der Waals surface area contributed by atoms with Crippen LogP contribution in [0, 0.1) is 5.41 Å². The summed E-state index contributed by atoms with van der Waals surface area (Å²) in [7, 11) is 1.75. The van der Waals surface area contributed by atoms with Gasteiger partial charge in [0.05, 0.1) is 12.0 Å². The third-order valence-corrected chi connectivity index (χ3v) is 5.85. The quantitative estimate of drug-likeness (QED) is 0.797. The monoisotopic (exact) mass is 380 g/mol. The van der Waals surface area contributed by atoms with Gasteiger partial charge in [0.1, 0.15) is 0 Å². The first-order valence-electron chi connectivity index (χ1n) is 8.34. The van der Waals surface area contributed by atoms with Crippen molar-refractivity contribution in [3.8, 4) is 0 Å². The number of halogens is 1. The van der Waals surface area contributed by atoms with Gasteiger partial charge < -0.3 is 15.4 Å². The Morgan fingerprint density at radius 1 is 1.22 bits per heavy atom. The van der Waals surface area contributed by atoms with E-state index < -0.39 is 0 Å². The smallest absolute Gasteiger partial charge is 0.230 e. The first kappa shape index (κ1) is 16.9. The number of rotatable bonds is 6. The molecule has 5 heteroatoms. The number of methoxy groups -OCH3 is 1. The molecule has 4 nitrogen and oxygen atoms in total. The van der Waals surface area contributed by atoms with E-state index in [1.54, 1.807) is 7.11 Å². The van der Waals surface area contributed by atoms with E-state index >= 15 is 0 Å². The third kappa shape index (κ3) is 3.62. The van der Waals surface area contributed by atoms with Gasteiger partial charge in [-0.15, -0.1) is 0 Å². The zero-order chi connectivity index (χ0) is 16.3. The highest BCUT2D eigenvalue weighted by atomic mass is 79.9. The summed E-state index contributed by atoms with van der Waals surface area (Å²) < 4.78 is 6.48. The molecule has 3 rings (SSSR count). The second-order valence-corrected chi connectivity index (χ2v) is 7.87. The zero-order valence-electron chi connectivity index (χ0n) is 13.7. The number of amides is 1. The molecule has 1 heterocycles. The lowest BCUT2D eigenvalue weighted by atomic mass is 9.79. The SMILES string of the molecule is COCC1(CNC(=O)C2(c3ccc(Br)cc3)CC2)CCNCC1. The lowest BCUT2D eigenvalue weighted by Crippen LogP contribution is -2.49. The molecular weight excluding hydrogens is 356 g/mol. The van der Waals surface area contributed by atoms with Crippen molar-refractivity contribution in [2.75, 3.05) is 33.4 Å². The Kier molecular flexibility index (Phi) is 5.09. The average molecular weight is 381 g/mol. The number of piperidine rings is 1. The molecule has 1 aromatic rings. The standard InChI is InChI=1S/C18H25BrN2O2/c1-23-13-17(8-10-20-11-9-17)12-21-16(22)18(6-7-18)14-2-4-15(19)5-3-14/h2-5,20H,6-13H2,1H3,(H,21,22). The van der Waals surface area contributed by atoms with Crippen molar-refractivity contribution in [2.45, 2.75) is 31.1 Å². The van der Waals surface area contributed by atoms with Crippen LogP contribution in [0.5, 0.6) is 0 Å². The molecule has 0 aromatic heterocycles. The average Bonchev–Trinajstić information content (AvgIpc) is 3.36. The van der Waals surface area contributed by atoms with E-state index in [0.29, 0.717) is 13.2 Å². The van der Waals surface area contributed by atoms with Crippen molar-refractivity contribution < 1.29 is 9.53 Å². The van der Waals surface area contributed by atoms with Crippen LogP contribution in [0.2, 0.25) is 0 Å². The summed E-state index contributed by atoms with van der Waals surface area (Å²) >= 11 is 3.46. The molecule has 1 amide bonds. The number of hydrogen-bond donors (Lipinski definition) is 2. The van der Waals surface area contributed by atoms with Crippen LogP contribution in [0.25, 0.3) is 0 Å². The largest absolute Gasteiger partial charge is 0.384 e. The van der Waals surface area contributed by atoms with E-state index in [4.69, 9.17) is 4.74 Å². The first-order chi connectivity index (χ1) is 11.1. The highest BCUT2D eigenvalue weighted by molar-refractivity contribution is 9.10. The van der Waals surface area contributed by atoms with Gasteiger partial charge in [-0.3, -0.25) is 4.79 Å². The van der Waals surface area contributed by atoms with E-state index in [-0.39, 0.29) is 16.7 Å². The van der Waals surface area contributed by atoms with Crippen LogP contribution >= 0.6 is 15.9 Å². The van der Waals surface area contributed by atoms with Crippen molar-refractivity contribution in [1.82, 2.24) is 10.6 Å². The first-order valence-corrected chi connectivity index (χ1v) is 9.14. The van der Waals surface area contributed by atoms with Crippen molar-refractivity contribution in [3.63, 3.8) is 0 Å². The Morgan fingerprint density at radius 2 is 1.87 bits per heavy atom. The molecule has 0 unspecified atom stereocenters. The van der Waals surface area contributed by atoms with Crippen molar-refractivity contribution in [1.29, 1.82) is 0 Å². The molecule has 126 valence electrons. The third-order valence-electron chi connectivity index (χ3n) is 5.32. The maximum Gasteiger partial charge on any atom is 0.230 e. The van der Waals surface area contributed by atoms with Crippen molar-refractivity contribution >= 4 is 21.8 Å². The normalized spacial score (nSPS) is 21.7. The molecule has 0 atom stereocenters. The summed E-state index contributed by atoms with van der Waals surface area (Å²) in [5.41, 5.74) is 0.900. The molecule has 1 saturated carbocycles. The molecular formula is C18H25BrN2O2. The van der Waals surface area contributed by atoms with E-state index in [1.807, 2.05) is 12.1 Å². The van der Waals surface area contributed by atoms with Crippen molar-refractivity contribution in [3.05, 3.63) is 34.3 Å². The number of hydrogen-bond acceptors (Lipinski definition) is 3. The fourth-order valence-corrected chi connectivity index (χ4v) is 3.88. The van der Waals surface area contributed by atoms with Crippen LogP contribution in [0.15, 0.2) is 28.7 Å². The van der Waals surface area contributed by atoms with E-state index in [0.717, 1.165) is 48.8 Å². The summed E-state index contributed by atoms with van der Waals surface area (Å²) in [5.74, 6) is 0.175. The van der Waals surface area contributed by atoms with Crippen LogP contribution < -0.4 is 10.6 Å². The zero-order valence-corrected chi connectivity index (χ0v) is 15.2. The molecule has 2 fully saturated rings. The molecule has 1 aliphatic carbocycles. The Labute approximate surface area is 146 Å². The Hall–Kier alpha value is -0.910. The van der Waals surface area contributed by atoms with Gasteiger partial charge in [0.2, 0.25) is 5.91 Å². The van der Waals surface area contributed by atoms with Crippen LogP contribution in [0.1, 0.15) is 31.2 Å². The minimum atomic E-state index is -0.304. The number of carbonyl (C=O) groups excluding carboxylic acids is 1. The van der Waals surface area contributed by atoms with Gasteiger partial charge in [0, 0.05) is 23.5 Å². The summed E-state index contributed by atoms with van der Waals surface area (Å²) in [6, 6.07) is 8.15. The number of carbonyl (C=O) groups is 1. The predicted octanol–water partition coefficient (Wildman–Crippen LogP) is 2.61.